The molecule has 6 unspecified atom stereocenters. The zero-order valence-electron chi connectivity index (χ0n) is 42.0. The number of nitro benzene ring substituents is 1. The van der Waals surface area contributed by atoms with Gasteiger partial charge < -0.3 is 24.6 Å². The molecule has 1 aromatic heterocycles. The van der Waals surface area contributed by atoms with Crippen LogP contribution in [0.5, 0.6) is 5.75 Å². The number of fused-ring (bicyclic) bond motifs is 4. The van der Waals surface area contributed by atoms with Gasteiger partial charge in [0.1, 0.15) is 36.5 Å². The number of hydrogen-bond acceptors (Lipinski definition) is 14. The Morgan fingerprint density at radius 3 is 2.23 bits per heavy atom. The molecule has 390 valence electrons. The van der Waals surface area contributed by atoms with E-state index in [2.05, 4.69) is 22.1 Å². The van der Waals surface area contributed by atoms with Gasteiger partial charge in [-0.2, -0.15) is 0 Å². The number of para-hydroxylation sites is 2. The van der Waals surface area contributed by atoms with Gasteiger partial charge in [0.25, 0.3) is 5.69 Å². The van der Waals surface area contributed by atoms with E-state index in [0.717, 1.165) is 15.2 Å². The topological polar surface area (TPSA) is 194 Å². The number of esters is 1. The smallest absolute Gasteiger partial charge is 0.421 e. The number of cyclic esters (lactones) is 1. The number of rotatable bonds is 14. The van der Waals surface area contributed by atoms with E-state index in [0.29, 0.717) is 46.4 Å². The average molecular weight is 1060 g/mol. The van der Waals surface area contributed by atoms with Crippen LogP contribution < -0.4 is 15.0 Å². The van der Waals surface area contributed by atoms with Crippen LogP contribution in [0.2, 0.25) is 0 Å². The summed E-state index contributed by atoms with van der Waals surface area (Å²) in [5, 5.41) is 25.0. The SMILES string of the molecule is CN(CC#Cc1ccc2c(c1)C1(C(=O)N2C(=O)OCc2ccc([N+](=O)[O-])cc2)C(C(=O)Nc2nc3ccccc3s2)C2C(=O)OC(c3ccccc3)C(c3ccccc3)N2C1c1ccccc1OCCO)Cc1ccccc1. The lowest BCUT2D eigenvalue weighted by Crippen LogP contribution is -2.54. The van der Waals surface area contributed by atoms with E-state index in [4.69, 9.17) is 19.2 Å². The number of hydrogen-bond donors (Lipinski definition) is 2. The van der Waals surface area contributed by atoms with Gasteiger partial charge in [-0.15, -0.1) is 0 Å². The van der Waals surface area contributed by atoms with E-state index in [1.807, 2.05) is 127 Å². The molecule has 6 atom stereocenters. The van der Waals surface area contributed by atoms with Crippen LogP contribution in [0, 0.1) is 27.9 Å². The van der Waals surface area contributed by atoms with Crippen LogP contribution >= 0.6 is 11.3 Å². The fourth-order valence-electron chi connectivity index (χ4n) is 11.2. The Hall–Kier alpha value is -9.05. The number of nitro groups is 1. The molecule has 2 saturated heterocycles. The van der Waals surface area contributed by atoms with E-state index < -0.39 is 64.4 Å². The Labute approximate surface area is 452 Å². The summed E-state index contributed by atoms with van der Waals surface area (Å²) in [7, 11) is 1.95. The van der Waals surface area contributed by atoms with Crippen molar-refractivity contribution in [2.24, 2.45) is 5.92 Å². The Kier molecular flexibility index (Phi) is 14.3. The molecule has 11 rings (SSSR count). The van der Waals surface area contributed by atoms with Gasteiger partial charge in [0.2, 0.25) is 11.8 Å². The molecular formula is C61H50N6O10S. The summed E-state index contributed by atoms with van der Waals surface area (Å²) in [5.41, 5.74) is 2.14. The summed E-state index contributed by atoms with van der Waals surface area (Å²) in [6.07, 6.45) is -2.11. The quantitative estimate of drug-likeness (QED) is 0.0453. The third-order valence-corrected chi connectivity index (χ3v) is 15.3. The monoisotopic (exact) mass is 1060 g/mol. The van der Waals surface area contributed by atoms with E-state index in [-0.39, 0.29) is 47.6 Å². The maximum Gasteiger partial charge on any atom is 0.421 e. The number of nitrogens with zero attached hydrogens (tertiary/aromatic N) is 5. The predicted octanol–water partition coefficient (Wildman–Crippen LogP) is 9.70. The standard InChI is InChI=1S/C61H50N6O10S/c1-64(37-40-16-5-2-6-17-40)33-15-18-39-29-32-48-46(36-39)61(58(71)65(48)60(72)76-38-41-27-30-44(31-28-41)67(73)74)51(56(69)63-59-62-47-24-12-14-26-50(47)78-59)53-57(70)77-54(43-21-9-4-10-22-43)52(42-19-7-3-8-20-42)66(53)55(61)45-23-11-13-25-49(45)75-35-34-68/h2-14,16-17,19-32,36,51-55,68H,33-35,37-38H2,1H3,(H,62,63,69). The molecule has 3 amide bonds. The number of ether oxygens (including phenoxy) is 3. The summed E-state index contributed by atoms with van der Waals surface area (Å²) in [4.78, 5) is 84.4. The van der Waals surface area contributed by atoms with Crippen LogP contribution in [0.4, 0.5) is 21.3 Å². The largest absolute Gasteiger partial charge is 0.491 e. The summed E-state index contributed by atoms with van der Waals surface area (Å²) in [6.45, 7) is 0.0740. The third kappa shape index (κ3) is 9.51. The highest BCUT2D eigenvalue weighted by Crippen LogP contribution is 2.67. The second kappa shape index (κ2) is 21.9. The van der Waals surface area contributed by atoms with Crippen molar-refractivity contribution in [3.8, 4) is 17.6 Å². The molecule has 16 nitrogen and oxygen atoms in total. The lowest BCUT2D eigenvalue weighted by molar-refractivity contribution is -0.384. The van der Waals surface area contributed by atoms with Gasteiger partial charge in [-0.1, -0.05) is 145 Å². The highest BCUT2D eigenvalue weighted by atomic mass is 32.1. The zero-order chi connectivity index (χ0) is 53.9. The van der Waals surface area contributed by atoms with Gasteiger partial charge in [0.15, 0.2) is 5.13 Å². The van der Waals surface area contributed by atoms with Gasteiger partial charge in [-0.25, -0.2) is 14.7 Å². The lowest BCUT2D eigenvalue weighted by atomic mass is 9.65. The van der Waals surface area contributed by atoms with Gasteiger partial charge in [-0.3, -0.25) is 34.3 Å². The third-order valence-electron chi connectivity index (χ3n) is 14.4. The molecule has 0 radical (unpaired) electrons. The van der Waals surface area contributed by atoms with Crippen molar-refractivity contribution >= 4 is 61.9 Å². The number of morpholine rings is 1. The number of carbonyl (C=O) groups is 4. The molecule has 2 N–H and O–H groups in total. The number of non-ortho nitro benzene ring substituents is 1. The highest BCUT2D eigenvalue weighted by molar-refractivity contribution is 7.22. The molecule has 3 aliphatic heterocycles. The molecule has 4 heterocycles. The van der Waals surface area contributed by atoms with Crippen molar-refractivity contribution < 1.29 is 43.4 Å². The Morgan fingerprint density at radius 2 is 1.51 bits per heavy atom. The molecule has 2 fully saturated rings. The van der Waals surface area contributed by atoms with Crippen LogP contribution in [0.1, 0.15) is 57.1 Å². The molecule has 0 aliphatic carbocycles. The first kappa shape index (κ1) is 51.1. The summed E-state index contributed by atoms with van der Waals surface area (Å²) < 4.78 is 19.7. The van der Waals surface area contributed by atoms with Crippen LogP contribution in [0.25, 0.3) is 10.2 Å². The zero-order valence-corrected chi connectivity index (χ0v) is 42.8. The summed E-state index contributed by atoms with van der Waals surface area (Å²) >= 11 is 1.22. The first-order chi connectivity index (χ1) is 38.0. The number of benzene rings is 7. The van der Waals surface area contributed by atoms with Crippen LogP contribution in [-0.2, 0) is 42.4 Å². The van der Waals surface area contributed by atoms with Gasteiger partial charge in [-0.05, 0) is 83.4 Å². The normalized spacial score (nSPS) is 20.4. The first-order valence-corrected chi connectivity index (χ1v) is 26.0. The summed E-state index contributed by atoms with van der Waals surface area (Å²) in [6, 6.07) is 49.6. The minimum Gasteiger partial charge on any atom is -0.491 e. The fourth-order valence-corrected chi connectivity index (χ4v) is 12.1. The molecule has 7 aromatic carbocycles. The number of aromatic nitrogens is 1. The van der Waals surface area contributed by atoms with Crippen molar-refractivity contribution in [1.82, 2.24) is 14.8 Å². The number of imide groups is 1. The van der Waals surface area contributed by atoms with Crippen molar-refractivity contribution in [2.75, 3.05) is 37.0 Å². The number of anilines is 2. The van der Waals surface area contributed by atoms with Crippen molar-refractivity contribution in [1.29, 1.82) is 0 Å². The molecule has 1 spiro atoms. The number of nitrogens with one attached hydrogen (secondary N) is 1. The number of carbonyl (C=O) groups excluding carboxylic acids is 4. The number of aliphatic hydroxyl groups excluding tert-OH is 1. The minimum atomic E-state index is -2.22. The molecule has 0 bridgehead atoms. The van der Waals surface area contributed by atoms with E-state index in [1.54, 1.807) is 42.5 Å². The molecule has 0 saturated carbocycles. The van der Waals surface area contributed by atoms with Gasteiger partial charge >= 0.3 is 12.1 Å². The molecular weight excluding hydrogens is 1010 g/mol. The number of amides is 3. The highest BCUT2D eigenvalue weighted by Gasteiger charge is 2.76. The molecule has 78 heavy (non-hydrogen) atoms. The molecule has 8 aromatic rings. The first-order valence-electron chi connectivity index (χ1n) is 25.2. The Morgan fingerprint density at radius 1 is 0.833 bits per heavy atom. The minimum absolute atomic E-state index is 0.0704. The Balaban J connectivity index is 1.15. The fraction of sp³-hybridized carbons (Fsp3) is 0.197. The average Bonchev–Trinajstić information content (AvgIpc) is 2.54. The summed E-state index contributed by atoms with van der Waals surface area (Å²) in [5.74, 6) is 2.67. The predicted molar refractivity (Wildman–Crippen MR) is 292 cm³/mol. The van der Waals surface area contributed by atoms with Crippen LogP contribution in [0.3, 0.4) is 0 Å². The van der Waals surface area contributed by atoms with E-state index >= 15 is 19.2 Å². The number of aliphatic hydroxyl groups is 1. The van der Waals surface area contributed by atoms with Crippen molar-refractivity contribution in [2.45, 2.75) is 42.8 Å². The van der Waals surface area contributed by atoms with Crippen LogP contribution in [-0.4, -0.2) is 81.5 Å². The second-order valence-corrected chi connectivity index (χ2v) is 20.2. The van der Waals surface area contributed by atoms with Gasteiger partial charge in [0, 0.05) is 29.8 Å². The Bertz CT molecular complexity index is 3600. The molecule has 3 aliphatic rings. The maximum atomic E-state index is 16.9. The second-order valence-electron chi connectivity index (χ2n) is 19.2. The van der Waals surface area contributed by atoms with Gasteiger partial charge in [0.05, 0.1) is 52.0 Å². The number of thiazole rings is 1. The lowest BCUT2D eigenvalue weighted by Gasteiger charge is -2.46. The van der Waals surface area contributed by atoms with Crippen molar-refractivity contribution in [3.63, 3.8) is 0 Å². The molecule has 17 heteroatoms. The van der Waals surface area contributed by atoms with E-state index in [9.17, 15) is 15.2 Å². The van der Waals surface area contributed by atoms with Crippen molar-refractivity contribution in [3.05, 3.63) is 231 Å². The van der Waals surface area contributed by atoms with E-state index in [1.165, 1.54) is 35.6 Å². The maximum absolute atomic E-state index is 16.9. The van der Waals surface area contributed by atoms with Crippen LogP contribution in [0.15, 0.2) is 182 Å².